The van der Waals surface area contributed by atoms with Crippen molar-refractivity contribution in [3.8, 4) is 6.07 Å². The molecule has 0 N–H and O–H groups in total. The molecular weight excluding hydrogens is 122 g/mol. The van der Waals surface area contributed by atoms with E-state index in [1.54, 1.807) is 0 Å². The highest BCUT2D eigenvalue weighted by molar-refractivity contribution is 4.68. The highest BCUT2D eigenvalue weighted by atomic mass is 16.7. The molecule has 0 aromatic rings. The summed E-state index contributed by atoms with van der Waals surface area (Å²) in [4.78, 5) is 9.83. The van der Waals surface area contributed by atoms with E-state index in [-0.39, 0.29) is 13.0 Å². The first-order valence-corrected chi connectivity index (χ1v) is 2.41. The van der Waals surface area contributed by atoms with Crippen molar-refractivity contribution in [2.24, 2.45) is 0 Å². The fourth-order valence-corrected chi connectivity index (χ4v) is 0.293. The Kier molecular flexibility index (Phi) is 3.13. The third-order valence-corrected chi connectivity index (χ3v) is 0.826. The van der Waals surface area contributed by atoms with Crippen LogP contribution in [0.4, 0.5) is 0 Å². The maximum atomic E-state index is 9.83. The van der Waals surface area contributed by atoms with Crippen molar-refractivity contribution in [2.45, 2.75) is 6.42 Å². The number of hydrogen-bond donors (Lipinski definition) is 0. The van der Waals surface area contributed by atoms with Gasteiger partial charge in [0.2, 0.25) is 0 Å². The molecule has 0 aromatic carbocycles. The van der Waals surface area contributed by atoms with E-state index in [1.165, 1.54) is 7.05 Å². The maximum absolute atomic E-state index is 9.83. The number of hydrazine groups is 1. The van der Waals surface area contributed by atoms with E-state index in [1.807, 2.05) is 6.07 Å². The van der Waals surface area contributed by atoms with Crippen molar-refractivity contribution < 1.29 is 5.03 Å². The van der Waals surface area contributed by atoms with Crippen LogP contribution in [0.1, 0.15) is 6.42 Å². The second-order valence-electron chi connectivity index (χ2n) is 1.53. The van der Waals surface area contributed by atoms with Crippen molar-refractivity contribution in [3.05, 3.63) is 10.1 Å². The molecule has 0 fully saturated rings. The average Bonchev–Trinajstić information content (AvgIpc) is 1.82. The molecule has 50 valence electrons. The smallest absolute Gasteiger partial charge is 0.159 e. The summed E-state index contributed by atoms with van der Waals surface area (Å²) >= 11 is 0. The van der Waals surface area contributed by atoms with Gasteiger partial charge in [-0.2, -0.15) is 5.26 Å². The Hall–Kier alpha value is -1.31. The van der Waals surface area contributed by atoms with Crippen LogP contribution in [-0.2, 0) is 0 Å². The van der Waals surface area contributed by atoms with Gasteiger partial charge < -0.3 is 0 Å². The minimum absolute atomic E-state index is 0.184. The molecule has 0 heterocycles. The van der Waals surface area contributed by atoms with Gasteiger partial charge in [0.05, 0.1) is 26.1 Å². The van der Waals surface area contributed by atoms with Crippen molar-refractivity contribution in [1.82, 2.24) is 5.01 Å². The molecule has 0 rings (SSSR count). The van der Waals surface area contributed by atoms with Gasteiger partial charge in [0, 0.05) is 0 Å². The summed E-state index contributed by atoms with van der Waals surface area (Å²) in [5.41, 5.74) is 0. The number of rotatable bonds is 3. The largest absolute Gasteiger partial charge is 0.235 e. The molecule has 0 saturated carbocycles. The molecule has 0 aliphatic heterocycles. The van der Waals surface area contributed by atoms with Crippen LogP contribution in [0.25, 0.3) is 0 Å². The molecule has 5 heteroatoms. The van der Waals surface area contributed by atoms with Crippen LogP contribution < -0.4 is 0 Å². The number of nitriles is 1. The number of nitrogens with zero attached hydrogens (tertiary/aromatic N) is 3. The van der Waals surface area contributed by atoms with Crippen molar-refractivity contribution in [2.75, 3.05) is 13.6 Å². The first kappa shape index (κ1) is 7.69. The predicted molar refractivity (Wildman–Crippen MR) is 29.9 cm³/mol. The van der Waals surface area contributed by atoms with E-state index in [4.69, 9.17) is 5.26 Å². The molecule has 0 atom stereocenters. The zero-order chi connectivity index (χ0) is 7.28. The Balaban J connectivity index is 3.41. The van der Waals surface area contributed by atoms with Gasteiger partial charge in [-0.25, -0.2) is 10.1 Å². The summed E-state index contributed by atoms with van der Waals surface area (Å²) in [5.74, 6) is 0. The van der Waals surface area contributed by atoms with Gasteiger partial charge in [-0.05, 0) is 0 Å². The van der Waals surface area contributed by atoms with Crippen LogP contribution in [0.15, 0.2) is 0 Å². The Morgan fingerprint density at radius 3 is 2.78 bits per heavy atom. The second-order valence-corrected chi connectivity index (χ2v) is 1.53. The first-order valence-electron chi connectivity index (χ1n) is 2.41. The van der Waals surface area contributed by atoms with E-state index in [0.717, 1.165) is 5.01 Å². The van der Waals surface area contributed by atoms with E-state index < -0.39 is 5.03 Å². The zero-order valence-electron chi connectivity index (χ0n) is 5.07. The third-order valence-electron chi connectivity index (χ3n) is 0.826. The average molecular weight is 129 g/mol. The number of hydrogen-bond acceptors (Lipinski definition) is 3. The topological polar surface area (TPSA) is 70.2 Å². The van der Waals surface area contributed by atoms with E-state index >= 15 is 0 Å². The predicted octanol–water partition coefficient (Wildman–Crippen LogP) is 0.0236. The molecule has 0 saturated heterocycles. The Labute approximate surface area is 52.6 Å². The van der Waals surface area contributed by atoms with Crippen molar-refractivity contribution in [1.29, 1.82) is 5.26 Å². The van der Waals surface area contributed by atoms with Gasteiger partial charge >= 0.3 is 0 Å². The van der Waals surface area contributed by atoms with Gasteiger partial charge in [-0.1, -0.05) is 0 Å². The second kappa shape index (κ2) is 3.66. The summed E-state index contributed by atoms with van der Waals surface area (Å²) in [6, 6.07) is 1.81. The van der Waals surface area contributed by atoms with Gasteiger partial charge in [-0.3, -0.25) is 0 Å². The molecule has 0 amide bonds. The Bertz CT molecular complexity index is 139. The summed E-state index contributed by atoms with van der Waals surface area (Å²) in [7, 11) is 1.33. The minimum Gasteiger partial charge on any atom is -0.235 e. The van der Waals surface area contributed by atoms with Gasteiger partial charge in [-0.15, -0.1) is 5.01 Å². The molecule has 0 aliphatic rings. The van der Waals surface area contributed by atoms with Crippen LogP contribution in [0.5, 0.6) is 0 Å². The molecule has 9 heavy (non-hydrogen) atoms. The van der Waals surface area contributed by atoms with Gasteiger partial charge in [0.15, 0.2) is 5.03 Å². The fourth-order valence-electron chi connectivity index (χ4n) is 0.293. The van der Waals surface area contributed by atoms with Crippen LogP contribution >= 0.6 is 0 Å². The van der Waals surface area contributed by atoms with Gasteiger partial charge in [0.1, 0.15) is 0 Å². The Morgan fingerprint density at radius 1 is 1.89 bits per heavy atom. The lowest BCUT2D eigenvalue weighted by Gasteiger charge is -2.03. The summed E-state index contributed by atoms with van der Waals surface area (Å²) < 4.78 is 0. The maximum Gasteiger partial charge on any atom is 0.159 e. The quantitative estimate of drug-likeness (QED) is 0.398. The van der Waals surface area contributed by atoms with Crippen molar-refractivity contribution in [3.63, 3.8) is 0 Å². The Morgan fingerprint density at radius 2 is 2.44 bits per heavy atom. The lowest BCUT2D eigenvalue weighted by Crippen LogP contribution is -2.25. The highest BCUT2D eigenvalue weighted by Crippen LogP contribution is 1.83. The molecule has 0 radical (unpaired) electrons. The van der Waals surface area contributed by atoms with Gasteiger partial charge in [0.25, 0.3) is 0 Å². The summed E-state index contributed by atoms with van der Waals surface area (Å²) in [5, 5.41) is 18.2. The SMILES string of the molecule is CN(CCC#N)[N+](=O)[O-]. The number of nitro groups is 1. The van der Waals surface area contributed by atoms with Crippen LogP contribution in [0.2, 0.25) is 0 Å². The summed E-state index contributed by atoms with van der Waals surface area (Å²) in [6.45, 7) is 0.184. The molecule has 0 aromatic heterocycles. The van der Waals surface area contributed by atoms with E-state index in [0.29, 0.717) is 0 Å². The van der Waals surface area contributed by atoms with E-state index in [2.05, 4.69) is 0 Å². The van der Waals surface area contributed by atoms with Crippen LogP contribution in [0.3, 0.4) is 0 Å². The molecule has 0 spiro atoms. The first-order chi connectivity index (χ1) is 4.18. The minimum atomic E-state index is -0.544. The zero-order valence-corrected chi connectivity index (χ0v) is 5.07. The standard InChI is InChI=1S/C4H7N3O2/c1-6(7(8)9)4-2-3-5/h2,4H2,1H3. The molecule has 0 aliphatic carbocycles. The fraction of sp³-hybridized carbons (Fsp3) is 0.750. The van der Waals surface area contributed by atoms with E-state index in [9.17, 15) is 10.1 Å². The molecule has 0 bridgehead atoms. The monoisotopic (exact) mass is 129 g/mol. The van der Waals surface area contributed by atoms with Crippen LogP contribution in [0, 0.1) is 21.4 Å². The lowest BCUT2D eigenvalue weighted by atomic mass is 10.5. The molecule has 5 nitrogen and oxygen atoms in total. The molecular formula is C4H7N3O2. The highest BCUT2D eigenvalue weighted by Gasteiger charge is 2.03. The van der Waals surface area contributed by atoms with Crippen molar-refractivity contribution >= 4 is 0 Å². The third kappa shape index (κ3) is 3.29. The lowest BCUT2D eigenvalue weighted by molar-refractivity contribution is -0.648. The molecule has 0 unspecified atom stereocenters. The normalized spacial score (nSPS) is 8.00. The summed E-state index contributed by atoms with van der Waals surface area (Å²) in [6.07, 6.45) is 0.192. The van der Waals surface area contributed by atoms with Crippen LogP contribution in [-0.4, -0.2) is 23.6 Å².